The highest BCUT2D eigenvalue weighted by molar-refractivity contribution is 5.38. The van der Waals surface area contributed by atoms with Gasteiger partial charge in [0, 0.05) is 0 Å². The minimum atomic E-state index is -4.74. The molecule has 0 aliphatic carbocycles. The molecule has 1 heterocycles. The number of aromatic nitrogens is 1. The van der Waals surface area contributed by atoms with Crippen LogP contribution in [0.5, 0.6) is 0 Å². The molecule has 0 fully saturated rings. The van der Waals surface area contributed by atoms with Gasteiger partial charge in [-0.2, -0.15) is 17.6 Å². The zero-order chi connectivity index (χ0) is 9.35. The molecule has 66 valence electrons. The second-order valence-corrected chi connectivity index (χ2v) is 2.10. The van der Waals surface area contributed by atoms with E-state index in [0.29, 0.717) is 6.07 Å². The maximum absolute atomic E-state index is 12.4. The molecule has 0 atom stereocenters. The summed E-state index contributed by atoms with van der Waals surface area (Å²) in [5.41, 5.74) is 3.33. The molecule has 2 N–H and O–H groups in total. The second kappa shape index (κ2) is 2.62. The fraction of sp³-hybridized carbons (Fsp3) is 0.167. The van der Waals surface area contributed by atoms with Crippen LogP contribution in [0.4, 0.5) is 23.2 Å². The second-order valence-electron chi connectivity index (χ2n) is 2.10. The van der Waals surface area contributed by atoms with E-state index in [1.165, 1.54) is 0 Å². The van der Waals surface area contributed by atoms with Gasteiger partial charge in [0.25, 0.3) is 0 Å². The summed E-state index contributed by atoms with van der Waals surface area (Å²) < 4.78 is 48.1. The van der Waals surface area contributed by atoms with Crippen molar-refractivity contribution in [3.8, 4) is 0 Å². The number of hydrogen-bond acceptors (Lipinski definition) is 2. The Hall–Kier alpha value is -1.33. The minimum absolute atomic E-state index is 0.219. The Balaban J connectivity index is 3.23. The number of nitrogens with zero attached hydrogens (tertiary/aromatic N) is 1. The van der Waals surface area contributed by atoms with E-state index in [0.717, 1.165) is 6.20 Å². The summed E-state index contributed by atoms with van der Waals surface area (Å²) in [4.78, 5) is 2.83. The molecule has 0 bridgehead atoms. The fourth-order valence-electron chi connectivity index (χ4n) is 0.663. The lowest BCUT2D eigenvalue weighted by Crippen LogP contribution is -2.10. The lowest BCUT2D eigenvalue weighted by atomic mass is 10.2. The lowest BCUT2D eigenvalue weighted by molar-refractivity contribution is -0.140. The molecule has 2 nitrogen and oxygen atoms in total. The number of hydrogen-bond donors (Lipinski definition) is 1. The third-order valence-corrected chi connectivity index (χ3v) is 1.17. The van der Waals surface area contributed by atoms with E-state index in [4.69, 9.17) is 5.73 Å². The highest BCUT2D eigenvalue weighted by Crippen LogP contribution is 2.31. The number of anilines is 1. The summed E-state index contributed by atoms with van der Waals surface area (Å²) in [6.45, 7) is 0. The zero-order valence-electron chi connectivity index (χ0n) is 5.69. The number of halogens is 4. The molecule has 0 aromatic carbocycles. The van der Waals surface area contributed by atoms with Crippen molar-refractivity contribution in [3.63, 3.8) is 0 Å². The average Bonchev–Trinajstić information content (AvgIpc) is 1.92. The maximum Gasteiger partial charge on any atom is 0.420 e. The molecule has 0 amide bonds. The Morgan fingerprint density at radius 3 is 2.33 bits per heavy atom. The van der Waals surface area contributed by atoms with E-state index in [9.17, 15) is 17.6 Å². The van der Waals surface area contributed by atoms with Gasteiger partial charge in [0.1, 0.15) is 5.56 Å². The zero-order valence-corrected chi connectivity index (χ0v) is 5.69. The van der Waals surface area contributed by atoms with Gasteiger partial charge >= 0.3 is 6.18 Å². The van der Waals surface area contributed by atoms with E-state index in [2.05, 4.69) is 4.98 Å². The predicted octanol–water partition coefficient (Wildman–Crippen LogP) is 1.82. The van der Waals surface area contributed by atoms with Crippen molar-refractivity contribution >= 4 is 5.69 Å². The van der Waals surface area contributed by atoms with Crippen molar-refractivity contribution in [2.45, 2.75) is 6.18 Å². The molecule has 0 saturated carbocycles. The van der Waals surface area contributed by atoms with E-state index >= 15 is 0 Å². The summed E-state index contributed by atoms with van der Waals surface area (Å²) in [6.07, 6.45) is -3.92. The van der Waals surface area contributed by atoms with Crippen LogP contribution in [0, 0.1) is 5.95 Å². The van der Waals surface area contributed by atoms with Crippen molar-refractivity contribution in [2.75, 3.05) is 5.73 Å². The molecule has 0 aliphatic rings. The SMILES string of the molecule is Nc1cnc(F)c(C(F)(F)F)c1. The van der Waals surface area contributed by atoms with Crippen LogP contribution in [-0.2, 0) is 6.18 Å². The maximum atomic E-state index is 12.4. The van der Waals surface area contributed by atoms with Crippen LogP contribution in [0.1, 0.15) is 5.56 Å². The lowest BCUT2D eigenvalue weighted by Gasteiger charge is -2.06. The minimum Gasteiger partial charge on any atom is -0.397 e. The molecular weight excluding hydrogens is 176 g/mol. The molecule has 0 unspecified atom stereocenters. The van der Waals surface area contributed by atoms with Crippen LogP contribution in [-0.4, -0.2) is 4.98 Å². The van der Waals surface area contributed by atoms with Crippen molar-refractivity contribution < 1.29 is 17.6 Å². The Morgan fingerprint density at radius 2 is 1.92 bits per heavy atom. The summed E-state index contributed by atoms with van der Waals surface area (Å²) in [5, 5.41) is 0. The highest BCUT2D eigenvalue weighted by Gasteiger charge is 2.34. The summed E-state index contributed by atoms with van der Waals surface area (Å²) in [6, 6.07) is 0.502. The van der Waals surface area contributed by atoms with E-state index < -0.39 is 17.7 Å². The van der Waals surface area contributed by atoms with Gasteiger partial charge in [0.2, 0.25) is 5.95 Å². The Morgan fingerprint density at radius 1 is 1.33 bits per heavy atom. The topological polar surface area (TPSA) is 38.9 Å². The van der Waals surface area contributed by atoms with Gasteiger partial charge in [0.15, 0.2) is 0 Å². The molecule has 1 aromatic heterocycles. The quantitative estimate of drug-likeness (QED) is 0.488. The molecule has 12 heavy (non-hydrogen) atoms. The van der Waals surface area contributed by atoms with Crippen LogP contribution in [0.15, 0.2) is 12.3 Å². The Labute approximate surface area is 65.0 Å². The van der Waals surface area contributed by atoms with Gasteiger partial charge in [-0.3, -0.25) is 0 Å². The van der Waals surface area contributed by atoms with Gasteiger partial charge in [0.05, 0.1) is 11.9 Å². The smallest absolute Gasteiger partial charge is 0.397 e. The molecule has 0 radical (unpaired) electrons. The van der Waals surface area contributed by atoms with Crippen LogP contribution in [0.25, 0.3) is 0 Å². The van der Waals surface area contributed by atoms with Gasteiger partial charge in [-0.25, -0.2) is 4.98 Å². The van der Waals surface area contributed by atoms with Crippen molar-refractivity contribution in [3.05, 3.63) is 23.8 Å². The van der Waals surface area contributed by atoms with Crippen LogP contribution >= 0.6 is 0 Å². The molecule has 1 rings (SSSR count). The van der Waals surface area contributed by atoms with Crippen molar-refractivity contribution in [1.82, 2.24) is 4.98 Å². The first-order chi connectivity index (χ1) is 5.41. The number of nitrogens with two attached hydrogens (primary N) is 1. The summed E-state index contributed by atoms with van der Waals surface area (Å²) >= 11 is 0. The molecule has 1 aromatic rings. The van der Waals surface area contributed by atoms with E-state index in [-0.39, 0.29) is 5.69 Å². The first-order valence-electron chi connectivity index (χ1n) is 2.89. The highest BCUT2D eigenvalue weighted by atomic mass is 19.4. The summed E-state index contributed by atoms with van der Waals surface area (Å²) in [5.74, 6) is -1.56. The predicted molar refractivity (Wildman–Crippen MR) is 33.6 cm³/mol. The number of nitrogen functional groups attached to an aromatic ring is 1. The van der Waals surface area contributed by atoms with E-state index in [1.54, 1.807) is 0 Å². The third-order valence-electron chi connectivity index (χ3n) is 1.17. The Bertz CT molecular complexity index is 294. The van der Waals surface area contributed by atoms with Gasteiger partial charge in [-0.05, 0) is 6.07 Å². The van der Waals surface area contributed by atoms with Crippen LogP contribution in [0.2, 0.25) is 0 Å². The standard InChI is InChI=1S/C6H4F4N2/c7-5-4(6(8,9)10)1-3(11)2-12-5/h1-2H,11H2. The molecule has 0 saturated heterocycles. The normalized spacial score (nSPS) is 11.7. The molecule has 0 spiro atoms. The van der Waals surface area contributed by atoms with Crippen LogP contribution in [0.3, 0.4) is 0 Å². The monoisotopic (exact) mass is 180 g/mol. The third kappa shape index (κ3) is 1.63. The molecule has 0 aliphatic heterocycles. The molecular formula is C6H4F4N2. The number of alkyl halides is 3. The average molecular weight is 180 g/mol. The van der Waals surface area contributed by atoms with Gasteiger partial charge < -0.3 is 5.73 Å². The first-order valence-corrected chi connectivity index (χ1v) is 2.89. The fourth-order valence-corrected chi connectivity index (χ4v) is 0.663. The van der Waals surface area contributed by atoms with Gasteiger partial charge in [-0.15, -0.1) is 0 Å². The molecule has 6 heteroatoms. The van der Waals surface area contributed by atoms with Gasteiger partial charge in [-0.1, -0.05) is 0 Å². The Kier molecular flexibility index (Phi) is 1.91. The first kappa shape index (κ1) is 8.76. The van der Waals surface area contributed by atoms with E-state index in [1.807, 2.05) is 0 Å². The van der Waals surface area contributed by atoms with Crippen LogP contribution < -0.4 is 5.73 Å². The summed E-state index contributed by atoms with van der Waals surface area (Å²) in [7, 11) is 0. The largest absolute Gasteiger partial charge is 0.420 e. The van der Waals surface area contributed by atoms with Crippen molar-refractivity contribution in [2.24, 2.45) is 0 Å². The number of rotatable bonds is 0. The van der Waals surface area contributed by atoms with Crippen molar-refractivity contribution in [1.29, 1.82) is 0 Å². The number of pyridine rings is 1.